The van der Waals surface area contributed by atoms with Gasteiger partial charge in [0.05, 0.1) is 8.66 Å². The smallest absolute Gasteiger partial charge is 0.261 e. The molecule has 0 unspecified atom stereocenters. The third-order valence-electron chi connectivity index (χ3n) is 2.76. The van der Waals surface area contributed by atoms with Crippen molar-refractivity contribution in [1.82, 2.24) is 10.6 Å². The molecule has 0 aliphatic carbocycles. The number of carbonyl (C=O) groups is 1. The maximum absolute atomic E-state index is 11.9. The van der Waals surface area contributed by atoms with Crippen LogP contribution < -0.4 is 10.6 Å². The average Bonchev–Trinajstić information content (AvgIpc) is 2.71. The molecule has 1 aliphatic heterocycles. The molecule has 2 N–H and O–H groups in total. The summed E-state index contributed by atoms with van der Waals surface area (Å²) < 4.78 is 1.88. The minimum Gasteiger partial charge on any atom is -0.351 e. The maximum atomic E-state index is 11.9. The number of hydrogen-bond donors (Lipinski definition) is 2. The van der Waals surface area contributed by atoms with Crippen molar-refractivity contribution in [3.8, 4) is 0 Å². The Morgan fingerprint density at radius 3 is 2.94 bits per heavy atom. The van der Waals surface area contributed by atoms with E-state index in [1.54, 1.807) is 0 Å². The summed E-state index contributed by atoms with van der Waals surface area (Å²) in [5.74, 6) is 0.000865. The third-order valence-corrected chi connectivity index (χ3v) is 6.01. The zero-order valence-electron chi connectivity index (χ0n) is 9.76. The van der Waals surface area contributed by atoms with Crippen LogP contribution in [0.4, 0.5) is 0 Å². The van der Waals surface area contributed by atoms with Gasteiger partial charge in [0.25, 0.3) is 5.91 Å². The van der Waals surface area contributed by atoms with Crippen LogP contribution in [-0.4, -0.2) is 25.5 Å². The summed E-state index contributed by atoms with van der Waals surface area (Å²) in [7, 11) is 0. The Morgan fingerprint density at radius 2 is 2.33 bits per heavy atom. The second-order valence-corrected chi connectivity index (χ2v) is 7.28. The molecule has 2 heterocycles. The van der Waals surface area contributed by atoms with Crippen LogP contribution in [0.15, 0.2) is 26.0 Å². The molecule has 0 spiro atoms. The van der Waals surface area contributed by atoms with Crippen LogP contribution in [0.5, 0.6) is 0 Å². The lowest BCUT2D eigenvalue weighted by Gasteiger charge is -2.13. The van der Waals surface area contributed by atoms with Crippen LogP contribution in [0.2, 0.25) is 0 Å². The van der Waals surface area contributed by atoms with Crippen molar-refractivity contribution in [2.75, 3.05) is 19.6 Å². The van der Waals surface area contributed by atoms with E-state index in [0.29, 0.717) is 6.54 Å². The average molecular weight is 394 g/mol. The molecule has 3 nitrogen and oxygen atoms in total. The van der Waals surface area contributed by atoms with Gasteiger partial charge >= 0.3 is 0 Å². The number of carbonyl (C=O) groups excluding carboxylic acids is 1. The summed E-state index contributed by atoms with van der Waals surface area (Å²) >= 11 is 8.21. The van der Waals surface area contributed by atoms with Gasteiger partial charge in [-0.1, -0.05) is 11.6 Å². The van der Waals surface area contributed by atoms with Gasteiger partial charge in [-0.25, -0.2) is 0 Å². The van der Waals surface area contributed by atoms with Gasteiger partial charge in [-0.3, -0.25) is 4.79 Å². The van der Waals surface area contributed by atoms with E-state index in [4.69, 9.17) is 0 Å². The second-order valence-electron chi connectivity index (χ2n) is 4.05. The van der Waals surface area contributed by atoms with Crippen LogP contribution in [0, 0.1) is 0 Å². The molecule has 0 saturated heterocycles. The summed E-state index contributed by atoms with van der Waals surface area (Å²) in [6.07, 6.45) is 4.25. The Kier molecular flexibility index (Phi) is 5.41. The quantitative estimate of drug-likeness (QED) is 0.770. The molecule has 18 heavy (non-hydrogen) atoms. The minimum absolute atomic E-state index is 0.000865. The van der Waals surface area contributed by atoms with E-state index >= 15 is 0 Å². The molecule has 0 atom stereocenters. The third kappa shape index (κ3) is 3.91. The Bertz CT molecular complexity index is 451. The SMILES string of the molecule is O=C(NCCC1=CCNCC1)c1cc(Br)c(Br)s1. The highest BCUT2D eigenvalue weighted by atomic mass is 79.9. The Labute approximate surface area is 127 Å². The molecule has 0 aromatic carbocycles. The number of rotatable bonds is 4. The lowest BCUT2D eigenvalue weighted by Crippen LogP contribution is -2.26. The van der Waals surface area contributed by atoms with Gasteiger partial charge in [-0.15, -0.1) is 11.3 Å². The fourth-order valence-corrected chi connectivity index (χ4v) is 3.73. The van der Waals surface area contributed by atoms with Gasteiger partial charge < -0.3 is 10.6 Å². The first-order valence-corrected chi connectivity index (χ1v) is 8.18. The van der Waals surface area contributed by atoms with E-state index in [-0.39, 0.29) is 5.91 Å². The summed E-state index contributed by atoms with van der Waals surface area (Å²) in [6.45, 7) is 2.70. The van der Waals surface area contributed by atoms with Crippen LogP contribution >= 0.6 is 43.2 Å². The molecular formula is C12H14Br2N2OS. The maximum Gasteiger partial charge on any atom is 0.261 e. The normalized spacial score (nSPS) is 15.3. The zero-order chi connectivity index (χ0) is 13.0. The molecule has 0 bridgehead atoms. The number of nitrogens with one attached hydrogen (secondary N) is 2. The van der Waals surface area contributed by atoms with Crippen molar-refractivity contribution < 1.29 is 4.79 Å². The molecule has 0 fully saturated rings. The molecule has 6 heteroatoms. The molecule has 1 aromatic heterocycles. The van der Waals surface area contributed by atoms with Crippen molar-refractivity contribution in [3.63, 3.8) is 0 Å². The first-order chi connectivity index (χ1) is 8.66. The van der Waals surface area contributed by atoms with Gasteiger partial charge in [0, 0.05) is 17.6 Å². The minimum atomic E-state index is 0.000865. The fraction of sp³-hybridized carbons (Fsp3) is 0.417. The second kappa shape index (κ2) is 6.84. The number of thiophene rings is 1. The zero-order valence-corrected chi connectivity index (χ0v) is 13.8. The topological polar surface area (TPSA) is 41.1 Å². The highest BCUT2D eigenvalue weighted by Crippen LogP contribution is 2.32. The van der Waals surface area contributed by atoms with Crippen LogP contribution in [-0.2, 0) is 0 Å². The van der Waals surface area contributed by atoms with E-state index < -0.39 is 0 Å². The molecule has 1 aliphatic rings. The molecule has 1 amide bonds. The number of amides is 1. The number of halogens is 2. The van der Waals surface area contributed by atoms with Gasteiger partial charge in [-0.2, -0.15) is 0 Å². The van der Waals surface area contributed by atoms with E-state index in [1.807, 2.05) is 6.07 Å². The number of hydrogen-bond acceptors (Lipinski definition) is 3. The van der Waals surface area contributed by atoms with Gasteiger partial charge in [0.2, 0.25) is 0 Å². The lowest BCUT2D eigenvalue weighted by molar-refractivity contribution is 0.0958. The first kappa shape index (κ1) is 14.2. The van der Waals surface area contributed by atoms with Gasteiger partial charge in [0.1, 0.15) is 0 Å². The Balaban J connectivity index is 1.79. The van der Waals surface area contributed by atoms with Gasteiger partial charge in [0.15, 0.2) is 0 Å². The standard InChI is InChI=1S/C12H14Br2N2OS/c13-9-7-10(18-11(9)14)12(17)16-6-3-8-1-4-15-5-2-8/h1,7,15H,2-6H2,(H,16,17). The van der Waals surface area contributed by atoms with Crippen LogP contribution in [0.3, 0.4) is 0 Å². The van der Waals surface area contributed by atoms with Crippen molar-refractivity contribution in [2.24, 2.45) is 0 Å². The van der Waals surface area contributed by atoms with Crippen molar-refractivity contribution in [3.05, 3.63) is 30.9 Å². The van der Waals surface area contributed by atoms with E-state index in [0.717, 1.165) is 39.1 Å². The van der Waals surface area contributed by atoms with E-state index in [2.05, 4.69) is 48.6 Å². The molecular weight excluding hydrogens is 380 g/mol. The van der Waals surface area contributed by atoms with Gasteiger partial charge in [-0.05, 0) is 57.3 Å². The fourth-order valence-electron chi connectivity index (χ4n) is 1.78. The molecule has 0 radical (unpaired) electrons. The Morgan fingerprint density at radius 1 is 1.50 bits per heavy atom. The predicted octanol–water partition coefficient (Wildman–Crippen LogP) is 3.31. The molecule has 1 aromatic rings. The largest absolute Gasteiger partial charge is 0.351 e. The van der Waals surface area contributed by atoms with Crippen LogP contribution in [0.25, 0.3) is 0 Å². The van der Waals surface area contributed by atoms with Crippen molar-refractivity contribution in [2.45, 2.75) is 12.8 Å². The van der Waals surface area contributed by atoms with Crippen molar-refractivity contribution in [1.29, 1.82) is 0 Å². The van der Waals surface area contributed by atoms with E-state index in [1.165, 1.54) is 16.9 Å². The summed E-state index contributed by atoms with van der Waals surface area (Å²) in [4.78, 5) is 12.6. The summed E-state index contributed by atoms with van der Waals surface area (Å²) in [5, 5.41) is 6.23. The lowest BCUT2D eigenvalue weighted by atomic mass is 10.1. The van der Waals surface area contributed by atoms with Crippen molar-refractivity contribution >= 4 is 49.1 Å². The predicted molar refractivity (Wildman–Crippen MR) is 82.2 cm³/mol. The highest BCUT2D eigenvalue weighted by Gasteiger charge is 2.11. The monoisotopic (exact) mass is 392 g/mol. The Hall–Kier alpha value is -0.170. The summed E-state index contributed by atoms with van der Waals surface area (Å²) in [6, 6.07) is 1.84. The summed E-state index contributed by atoms with van der Waals surface area (Å²) in [5.41, 5.74) is 1.43. The highest BCUT2D eigenvalue weighted by molar-refractivity contribution is 9.13. The van der Waals surface area contributed by atoms with E-state index in [9.17, 15) is 4.79 Å². The molecule has 0 saturated carbocycles. The van der Waals surface area contributed by atoms with Crippen LogP contribution in [0.1, 0.15) is 22.5 Å². The molecule has 2 rings (SSSR count). The first-order valence-electron chi connectivity index (χ1n) is 5.78. The molecule has 98 valence electrons.